The molecule has 15 heavy (non-hydrogen) atoms. The number of nitrogens with two attached hydrogens (primary N) is 1. The van der Waals surface area contributed by atoms with E-state index in [2.05, 4.69) is 0 Å². The summed E-state index contributed by atoms with van der Waals surface area (Å²) in [5, 5.41) is 0. The fourth-order valence-electron chi connectivity index (χ4n) is 1.36. The van der Waals surface area contributed by atoms with Gasteiger partial charge in [0.05, 0.1) is 0 Å². The summed E-state index contributed by atoms with van der Waals surface area (Å²) in [7, 11) is 1.78. The molecule has 82 valence electrons. The van der Waals surface area contributed by atoms with Gasteiger partial charge < -0.3 is 10.6 Å². The Kier molecular flexibility index (Phi) is 3.72. The second kappa shape index (κ2) is 4.82. The van der Waals surface area contributed by atoms with Crippen molar-refractivity contribution in [3.05, 3.63) is 24.3 Å². The molecule has 0 aromatic heterocycles. The van der Waals surface area contributed by atoms with Gasteiger partial charge in [0.25, 0.3) is 0 Å². The van der Waals surface area contributed by atoms with E-state index in [0.717, 1.165) is 5.69 Å². The van der Waals surface area contributed by atoms with Gasteiger partial charge in [-0.3, -0.25) is 4.79 Å². The molecule has 0 saturated heterocycles. The highest BCUT2D eigenvalue weighted by Crippen LogP contribution is 2.17. The normalized spacial score (nSPS) is 10.4. The standard InChI is InChI=1S/C12H18N2O/c1-9(2)7-12(15)14(3)11-6-4-5-10(13)8-11/h4-6,8-9H,7,13H2,1-3H3. The molecule has 0 saturated carbocycles. The molecular weight excluding hydrogens is 188 g/mol. The van der Waals surface area contributed by atoms with Crippen molar-refractivity contribution in [2.75, 3.05) is 17.7 Å². The predicted molar refractivity (Wildman–Crippen MR) is 63.7 cm³/mol. The van der Waals surface area contributed by atoms with E-state index in [0.29, 0.717) is 18.0 Å². The Balaban J connectivity index is 2.76. The molecule has 0 radical (unpaired) electrons. The van der Waals surface area contributed by atoms with Crippen molar-refractivity contribution in [1.29, 1.82) is 0 Å². The van der Waals surface area contributed by atoms with Gasteiger partial charge in [-0.05, 0) is 24.1 Å². The molecule has 0 unspecified atom stereocenters. The Morgan fingerprint density at radius 1 is 1.47 bits per heavy atom. The SMILES string of the molecule is CC(C)CC(=O)N(C)c1cccc(N)c1. The van der Waals surface area contributed by atoms with Gasteiger partial charge in [-0.25, -0.2) is 0 Å². The van der Waals surface area contributed by atoms with E-state index in [9.17, 15) is 4.79 Å². The quantitative estimate of drug-likeness (QED) is 0.771. The Morgan fingerprint density at radius 3 is 2.67 bits per heavy atom. The Hall–Kier alpha value is -1.51. The molecule has 2 N–H and O–H groups in total. The summed E-state index contributed by atoms with van der Waals surface area (Å²) in [6.07, 6.45) is 0.561. The van der Waals surface area contributed by atoms with Crippen LogP contribution in [0.3, 0.4) is 0 Å². The Morgan fingerprint density at radius 2 is 2.13 bits per heavy atom. The molecule has 1 aromatic carbocycles. The van der Waals surface area contributed by atoms with Gasteiger partial charge in [0.1, 0.15) is 0 Å². The molecule has 0 bridgehead atoms. The molecule has 1 amide bonds. The van der Waals surface area contributed by atoms with Gasteiger partial charge in [-0.1, -0.05) is 19.9 Å². The van der Waals surface area contributed by atoms with Crippen molar-refractivity contribution in [3.63, 3.8) is 0 Å². The van der Waals surface area contributed by atoms with Crippen LogP contribution in [0.5, 0.6) is 0 Å². The van der Waals surface area contributed by atoms with Crippen LogP contribution in [-0.2, 0) is 4.79 Å². The average Bonchev–Trinajstić information content (AvgIpc) is 2.15. The summed E-state index contributed by atoms with van der Waals surface area (Å²) in [5.74, 6) is 0.497. The number of nitrogens with zero attached hydrogens (tertiary/aromatic N) is 1. The van der Waals surface area contributed by atoms with Crippen LogP contribution in [0.4, 0.5) is 11.4 Å². The van der Waals surface area contributed by atoms with Crippen LogP contribution in [0.1, 0.15) is 20.3 Å². The van der Waals surface area contributed by atoms with E-state index >= 15 is 0 Å². The van der Waals surface area contributed by atoms with Crippen LogP contribution in [0.15, 0.2) is 24.3 Å². The first-order valence-electron chi connectivity index (χ1n) is 5.13. The van der Waals surface area contributed by atoms with E-state index in [1.165, 1.54) is 0 Å². The molecule has 0 aliphatic heterocycles. The highest BCUT2D eigenvalue weighted by molar-refractivity contribution is 5.93. The van der Waals surface area contributed by atoms with Crippen molar-refractivity contribution in [2.45, 2.75) is 20.3 Å². The van der Waals surface area contributed by atoms with Crippen LogP contribution < -0.4 is 10.6 Å². The van der Waals surface area contributed by atoms with Gasteiger partial charge in [0.15, 0.2) is 0 Å². The summed E-state index contributed by atoms with van der Waals surface area (Å²) in [4.78, 5) is 13.4. The first kappa shape index (κ1) is 11.6. The highest BCUT2D eigenvalue weighted by atomic mass is 16.2. The monoisotopic (exact) mass is 206 g/mol. The van der Waals surface area contributed by atoms with Crippen molar-refractivity contribution >= 4 is 17.3 Å². The van der Waals surface area contributed by atoms with E-state index < -0.39 is 0 Å². The Bertz CT molecular complexity index is 347. The van der Waals surface area contributed by atoms with Crippen LogP contribution in [0.25, 0.3) is 0 Å². The number of hydrogen-bond acceptors (Lipinski definition) is 2. The number of benzene rings is 1. The van der Waals surface area contributed by atoms with Crippen LogP contribution >= 0.6 is 0 Å². The van der Waals surface area contributed by atoms with E-state index in [1.54, 1.807) is 18.0 Å². The second-order valence-electron chi connectivity index (χ2n) is 4.15. The molecule has 1 aromatic rings. The van der Waals surface area contributed by atoms with E-state index in [-0.39, 0.29) is 5.91 Å². The summed E-state index contributed by atoms with van der Waals surface area (Å²) in [6.45, 7) is 4.07. The third-order valence-electron chi connectivity index (χ3n) is 2.21. The van der Waals surface area contributed by atoms with Crippen molar-refractivity contribution in [1.82, 2.24) is 0 Å². The number of rotatable bonds is 3. The van der Waals surface area contributed by atoms with Gasteiger partial charge in [0.2, 0.25) is 5.91 Å². The summed E-state index contributed by atoms with van der Waals surface area (Å²) >= 11 is 0. The molecular formula is C12H18N2O. The lowest BCUT2D eigenvalue weighted by molar-refractivity contribution is -0.119. The summed E-state index contributed by atoms with van der Waals surface area (Å²) in [5.41, 5.74) is 7.19. The van der Waals surface area contributed by atoms with Crippen molar-refractivity contribution < 1.29 is 4.79 Å². The molecule has 0 fully saturated rings. The number of carbonyl (C=O) groups is 1. The van der Waals surface area contributed by atoms with Gasteiger partial charge in [-0.2, -0.15) is 0 Å². The fourth-order valence-corrected chi connectivity index (χ4v) is 1.36. The Labute approximate surface area is 90.9 Å². The average molecular weight is 206 g/mol. The van der Waals surface area contributed by atoms with Gasteiger partial charge in [-0.15, -0.1) is 0 Å². The lowest BCUT2D eigenvalue weighted by Gasteiger charge is -2.18. The number of carbonyl (C=O) groups excluding carboxylic acids is 1. The van der Waals surface area contributed by atoms with Gasteiger partial charge in [0, 0.05) is 24.8 Å². The van der Waals surface area contributed by atoms with Crippen LogP contribution in [0, 0.1) is 5.92 Å². The lowest BCUT2D eigenvalue weighted by Crippen LogP contribution is -2.27. The molecule has 0 atom stereocenters. The molecule has 0 aliphatic carbocycles. The van der Waals surface area contributed by atoms with Gasteiger partial charge >= 0.3 is 0 Å². The van der Waals surface area contributed by atoms with Crippen molar-refractivity contribution in [3.8, 4) is 0 Å². The minimum atomic E-state index is 0.121. The number of amides is 1. The fraction of sp³-hybridized carbons (Fsp3) is 0.417. The topological polar surface area (TPSA) is 46.3 Å². The molecule has 3 nitrogen and oxygen atoms in total. The predicted octanol–water partition coefficient (Wildman–Crippen LogP) is 2.28. The zero-order chi connectivity index (χ0) is 11.4. The minimum absolute atomic E-state index is 0.121. The van der Waals surface area contributed by atoms with Crippen LogP contribution in [0.2, 0.25) is 0 Å². The third-order valence-corrected chi connectivity index (χ3v) is 2.21. The van der Waals surface area contributed by atoms with Crippen LogP contribution in [-0.4, -0.2) is 13.0 Å². The molecule has 1 rings (SSSR count). The number of nitrogen functional groups attached to an aromatic ring is 1. The minimum Gasteiger partial charge on any atom is -0.399 e. The first-order chi connectivity index (χ1) is 7.00. The molecule has 0 spiro atoms. The third kappa shape index (κ3) is 3.27. The zero-order valence-corrected chi connectivity index (χ0v) is 9.53. The molecule has 0 heterocycles. The maximum atomic E-state index is 11.8. The second-order valence-corrected chi connectivity index (χ2v) is 4.15. The maximum absolute atomic E-state index is 11.8. The molecule has 3 heteroatoms. The number of anilines is 2. The maximum Gasteiger partial charge on any atom is 0.226 e. The highest BCUT2D eigenvalue weighted by Gasteiger charge is 2.12. The molecule has 0 aliphatic rings. The largest absolute Gasteiger partial charge is 0.399 e. The smallest absolute Gasteiger partial charge is 0.226 e. The van der Waals surface area contributed by atoms with Crippen molar-refractivity contribution in [2.24, 2.45) is 5.92 Å². The number of hydrogen-bond donors (Lipinski definition) is 1. The summed E-state index contributed by atoms with van der Waals surface area (Å²) < 4.78 is 0. The lowest BCUT2D eigenvalue weighted by atomic mass is 10.1. The summed E-state index contributed by atoms with van der Waals surface area (Å²) in [6, 6.07) is 7.35. The van der Waals surface area contributed by atoms with E-state index in [4.69, 9.17) is 5.73 Å². The van der Waals surface area contributed by atoms with E-state index in [1.807, 2.05) is 32.0 Å². The first-order valence-corrected chi connectivity index (χ1v) is 5.13. The zero-order valence-electron chi connectivity index (χ0n) is 9.53.